The molecule has 0 aliphatic carbocycles. The van der Waals surface area contributed by atoms with Crippen molar-refractivity contribution in [3.05, 3.63) is 42.5 Å². The number of nitrogens with two attached hydrogens (primary N) is 1. The van der Waals surface area contributed by atoms with Crippen molar-refractivity contribution in [3.8, 4) is 11.5 Å². The summed E-state index contributed by atoms with van der Waals surface area (Å²) >= 11 is 0. The molecular weight excluding hydrogens is 252 g/mol. The molecule has 2 aromatic rings. The maximum Gasteiger partial charge on any atom is 0.142 e. The normalized spacial score (nSPS) is 10.1. The van der Waals surface area contributed by atoms with E-state index in [4.69, 9.17) is 15.2 Å². The second-order valence-corrected chi connectivity index (χ2v) is 4.28. The number of rotatable bonds is 6. The van der Waals surface area contributed by atoms with Gasteiger partial charge in [-0.25, -0.2) is 0 Å². The Kier molecular flexibility index (Phi) is 4.71. The van der Waals surface area contributed by atoms with E-state index in [0.717, 1.165) is 22.9 Å². The quantitative estimate of drug-likeness (QED) is 0.785. The summed E-state index contributed by atoms with van der Waals surface area (Å²) in [5.74, 6) is 1.57. The zero-order valence-electron chi connectivity index (χ0n) is 11.8. The van der Waals surface area contributed by atoms with Gasteiger partial charge in [0.1, 0.15) is 11.5 Å². The van der Waals surface area contributed by atoms with Crippen molar-refractivity contribution in [2.75, 3.05) is 24.3 Å². The molecule has 0 saturated carbocycles. The zero-order valence-corrected chi connectivity index (χ0v) is 11.8. The van der Waals surface area contributed by atoms with Gasteiger partial charge in [0.2, 0.25) is 0 Å². The van der Waals surface area contributed by atoms with Crippen LogP contribution in [0.5, 0.6) is 11.5 Å². The number of benzene rings is 2. The van der Waals surface area contributed by atoms with Gasteiger partial charge in [-0.05, 0) is 32.0 Å². The minimum atomic E-state index is 0.610. The van der Waals surface area contributed by atoms with Gasteiger partial charge in [0.15, 0.2) is 0 Å². The van der Waals surface area contributed by atoms with Crippen LogP contribution in [0.3, 0.4) is 0 Å². The fourth-order valence-corrected chi connectivity index (χ4v) is 1.95. The lowest BCUT2D eigenvalue weighted by atomic mass is 10.2. The highest BCUT2D eigenvalue weighted by molar-refractivity contribution is 5.70. The minimum absolute atomic E-state index is 0.610. The maximum absolute atomic E-state index is 5.89. The highest BCUT2D eigenvalue weighted by Crippen LogP contribution is 2.30. The molecule has 0 unspecified atom stereocenters. The summed E-state index contributed by atoms with van der Waals surface area (Å²) in [5.41, 5.74) is 8.33. The van der Waals surface area contributed by atoms with E-state index in [-0.39, 0.29) is 0 Å². The van der Waals surface area contributed by atoms with Crippen molar-refractivity contribution in [2.45, 2.75) is 13.8 Å². The summed E-state index contributed by atoms with van der Waals surface area (Å²) in [7, 11) is 0. The number of hydrogen-bond donors (Lipinski definition) is 2. The molecule has 0 bridgehead atoms. The summed E-state index contributed by atoms with van der Waals surface area (Å²) in [6.45, 7) is 5.14. The van der Waals surface area contributed by atoms with E-state index in [2.05, 4.69) is 5.32 Å². The Morgan fingerprint density at radius 1 is 1.00 bits per heavy atom. The number of hydrogen-bond acceptors (Lipinski definition) is 4. The Morgan fingerprint density at radius 3 is 2.50 bits per heavy atom. The first-order chi connectivity index (χ1) is 9.72. The minimum Gasteiger partial charge on any atom is -0.494 e. The molecule has 0 saturated heterocycles. The van der Waals surface area contributed by atoms with Crippen LogP contribution < -0.4 is 20.5 Å². The fraction of sp³-hybridized carbons (Fsp3) is 0.250. The van der Waals surface area contributed by atoms with Crippen LogP contribution in [-0.2, 0) is 0 Å². The van der Waals surface area contributed by atoms with Gasteiger partial charge in [0, 0.05) is 23.5 Å². The predicted molar refractivity (Wildman–Crippen MR) is 82.9 cm³/mol. The van der Waals surface area contributed by atoms with Gasteiger partial charge < -0.3 is 20.5 Å². The molecule has 2 aromatic carbocycles. The van der Waals surface area contributed by atoms with Crippen LogP contribution in [0.2, 0.25) is 0 Å². The molecule has 3 N–H and O–H groups in total. The molecule has 0 radical (unpaired) electrons. The van der Waals surface area contributed by atoms with Gasteiger partial charge in [-0.3, -0.25) is 0 Å². The third-order valence-corrected chi connectivity index (χ3v) is 2.71. The molecule has 0 aromatic heterocycles. The summed E-state index contributed by atoms with van der Waals surface area (Å²) in [5, 5.41) is 3.31. The SMILES string of the molecule is CCOc1cc(N)cc(Nc2ccccc2OCC)c1. The third kappa shape index (κ3) is 3.57. The van der Waals surface area contributed by atoms with Crippen LogP contribution in [-0.4, -0.2) is 13.2 Å². The molecule has 4 heteroatoms. The summed E-state index contributed by atoms with van der Waals surface area (Å²) < 4.78 is 11.1. The lowest BCUT2D eigenvalue weighted by molar-refractivity contribution is 0.340. The summed E-state index contributed by atoms with van der Waals surface area (Å²) in [4.78, 5) is 0. The van der Waals surface area contributed by atoms with Crippen molar-refractivity contribution < 1.29 is 9.47 Å². The highest BCUT2D eigenvalue weighted by atomic mass is 16.5. The Labute approximate surface area is 119 Å². The van der Waals surface area contributed by atoms with E-state index in [1.165, 1.54) is 0 Å². The molecule has 0 spiro atoms. The molecule has 0 aliphatic rings. The molecule has 0 heterocycles. The first-order valence-corrected chi connectivity index (χ1v) is 6.75. The van der Waals surface area contributed by atoms with Crippen molar-refractivity contribution in [1.82, 2.24) is 0 Å². The first-order valence-electron chi connectivity index (χ1n) is 6.75. The lowest BCUT2D eigenvalue weighted by Gasteiger charge is -2.14. The van der Waals surface area contributed by atoms with Crippen LogP contribution in [0.15, 0.2) is 42.5 Å². The lowest BCUT2D eigenvalue weighted by Crippen LogP contribution is -1.99. The molecular formula is C16H20N2O2. The smallest absolute Gasteiger partial charge is 0.142 e. The number of nitrogens with one attached hydrogen (secondary N) is 1. The van der Waals surface area contributed by atoms with E-state index in [1.54, 1.807) is 0 Å². The molecule has 0 atom stereocenters. The second kappa shape index (κ2) is 6.70. The standard InChI is InChI=1S/C16H20N2O2/c1-3-19-14-10-12(17)9-13(11-14)18-15-7-5-6-8-16(15)20-4-2/h5-11,18H,3-4,17H2,1-2H3. The number of para-hydroxylation sites is 2. The molecule has 0 fully saturated rings. The maximum atomic E-state index is 5.89. The van der Waals surface area contributed by atoms with Gasteiger partial charge in [-0.15, -0.1) is 0 Å². The van der Waals surface area contributed by atoms with Gasteiger partial charge in [-0.1, -0.05) is 12.1 Å². The highest BCUT2D eigenvalue weighted by Gasteiger charge is 2.05. The van der Waals surface area contributed by atoms with E-state index < -0.39 is 0 Å². The van der Waals surface area contributed by atoms with Gasteiger partial charge in [0.25, 0.3) is 0 Å². The van der Waals surface area contributed by atoms with E-state index in [1.807, 2.05) is 56.3 Å². The predicted octanol–water partition coefficient (Wildman–Crippen LogP) is 3.81. The second-order valence-electron chi connectivity index (χ2n) is 4.28. The number of nitrogen functional groups attached to an aromatic ring is 1. The molecule has 20 heavy (non-hydrogen) atoms. The first kappa shape index (κ1) is 14.1. The summed E-state index contributed by atoms with van der Waals surface area (Å²) in [6, 6.07) is 13.4. The average molecular weight is 272 g/mol. The van der Waals surface area contributed by atoms with Crippen LogP contribution in [0.1, 0.15) is 13.8 Å². The monoisotopic (exact) mass is 272 g/mol. The van der Waals surface area contributed by atoms with Crippen LogP contribution >= 0.6 is 0 Å². The third-order valence-electron chi connectivity index (χ3n) is 2.71. The zero-order chi connectivity index (χ0) is 14.4. The van der Waals surface area contributed by atoms with Crippen molar-refractivity contribution >= 4 is 17.1 Å². The van der Waals surface area contributed by atoms with Crippen molar-refractivity contribution in [2.24, 2.45) is 0 Å². The van der Waals surface area contributed by atoms with Gasteiger partial charge in [0.05, 0.1) is 18.9 Å². The Morgan fingerprint density at radius 2 is 1.75 bits per heavy atom. The Bertz CT molecular complexity index is 570. The average Bonchev–Trinajstić information content (AvgIpc) is 2.41. The van der Waals surface area contributed by atoms with Crippen LogP contribution in [0, 0.1) is 0 Å². The van der Waals surface area contributed by atoms with Crippen molar-refractivity contribution in [3.63, 3.8) is 0 Å². The molecule has 0 amide bonds. The van der Waals surface area contributed by atoms with E-state index in [9.17, 15) is 0 Å². The van der Waals surface area contributed by atoms with Crippen LogP contribution in [0.25, 0.3) is 0 Å². The molecule has 0 aliphatic heterocycles. The fourth-order valence-electron chi connectivity index (χ4n) is 1.95. The molecule has 2 rings (SSSR count). The summed E-state index contributed by atoms with van der Waals surface area (Å²) in [6.07, 6.45) is 0. The van der Waals surface area contributed by atoms with Gasteiger partial charge in [-0.2, -0.15) is 0 Å². The van der Waals surface area contributed by atoms with Crippen LogP contribution in [0.4, 0.5) is 17.1 Å². The molecule has 4 nitrogen and oxygen atoms in total. The number of anilines is 3. The van der Waals surface area contributed by atoms with E-state index in [0.29, 0.717) is 18.9 Å². The topological polar surface area (TPSA) is 56.5 Å². The van der Waals surface area contributed by atoms with Gasteiger partial charge >= 0.3 is 0 Å². The van der Waals surface area contributed by atoms with Crippen molar-refractivity contribution in [1.29, 1.82) is 0 Å². The molecule has 106 valence electrons. The Balaban J connectivity index is 2.25. The van der Waals surface area contributed by atoms with E-state index >= 15 is 0 Å². The number of ether oxygens (including phenoxy) is 2. The Hall–Kier alpha value is -2.36. The largest absolute Gasteiger partial charge is 0.494 e.